The number of carbonyl (C=O) groups is 1. The second kappa shape index (κ2) is 5.04. The summed E-state index contributed by atoms with van der Waals surface area (Å²) in [6, 6.07) is 0.125. The van der Waals surface area contributed by atoms with Crippen molar-refractivity contribution in [3.8, 4) is 0 Å². The Morgan fingerprint density at radius 1 is 1.50 bits per heavy atom. The van der Waals surface area contributed by atoms with Gasteiger partial charge in [0.05, 0.1) is 0 Å². The molecule has 4 heteroatoms. The Kier molecular flexibility index (Phi) is 4.19. The van der Waals surface area contributed by atoms with Crippen LogP contribution in [0.2, 0.25) is 0 Å². The van der Waals surface area contributed by atoms with Crippen molar-refractivity contribution in [2.45, 2.75) is 52.2 Å². The van der Waals surface area contributed by atoms with Crippen LogP contribution in [0.25, 0.3) is 0 Å². The molecule has 1 N–H and O–H groups in total. The van der Waals surface area contributed by atoms with Crippen LogP contribution in [0.1, 0.15) is 40.5 Å². The third-order valence-corrected chi connectivity index (χ3v) is 2.97. The number of aliphatic hydroxyl groups excluding tert-OH is 1. The van der Waals surface area contributed by atoms with E-state index in [9.17, 15) is 9.90 Å². The zero-order valence-electron chi connectivity index (χ0n) is 10.7. The molecule has 1 rings (SSSR count). The number of rotatable bonds is 2. The largest absolute Gasteiger partial charge is 0.444 e. The average Bonchev–Trinajstić information content (AvgIpc) is 2.57. The predicted molar refractivity (Wildman–Crippen MR) is 62.2 cm³/mol. The van der Waals surface area contributed by atoms with Crippen molar-refractivity contribution in [2.24, 2.45) is 5.92 Å². The Labute approximate surface area is 97.6 Å². The minimum absolute atomic E-state index is 0.125. The van der Waals surface area contributed by atoms with Gasteiger partial charge in [-0.1, -0.05) is 6.92 Å². The minimum atomic E-state index is -0.452. The molecule has 1 heterocycles. The van der Waals surface area contributed by atoms with Crippen LogP contribution in [-0.2, 0) is 4.74 Å². The maximum atomic E-state index is 11.9. The molecule has 1 aliphatic heterocycles. The highest BCUT2D eigenvalue weighted by molar-refractivity contribution is 5.69. The van der Waals surface area contributed by atoms with Crippen molar-refractivity contribution in [3.63, 3.8) is 0 Å². The Hall–Kier alpha value is -0.770. The number of amides is 1. The van der Waals surface area contributed by atoms with Gasteiger partial charge in [-0.15, -0.1) is 0 Å². The number of ether oxygens (including phenoxy) is 1. The van der Waals surface area contributed by atoms with Crippen molar-refractivity contribution >= 4 is 6.09 Å². The summed E-state index contributed by atoms with van der Waals surface area (Å²) in [5.74, 6) is 0.206. The molecule has 0 aromatic rings. The molecular weight excluding hydrogens is 206 g/mol. The van der Waals surface area contributed by atoms with E-state index in [0.717, 1.165) is 12.8 Å². The summed E-state index contributed by atoms with van der Waals surface area (Å²) in [5.41, 5.74) is -0.452. The molecule has 1 saturated heterocycles. The first-order valence-electron chi connectivity index (χ1n) is 5.99. The van der Waals surface area contributed by atoms with E-state index in [2.05, 4.69) is 0 Å². The highest BCUT2D eigenvalue weighted by atomic mass is 16.6. The maximum absolute atomic E-state index is 11.9. The highest BCUT2D eigenvalue weighted by Crippen LogP contribution is 2.27. The smallest absolute Gasteiger partial charge is 0.410 e. The molecule has 1 aliphatic rings. The van der Waals surface area contributed by atoms with E-state index in [1.165, 1.54) is 0 Å². The quantitative estimate of drug-likeness (QED) is 0.788. The number of nitrogens with zero attached hydrogens (tertiary/aromatic N) is 1. The first kappa shape index (κ1) is 13.3. The Balaban J connectivity index is 2.63. The molecule has 0 aromatic carbocycles. The van der Waals surface area contributed by atoms with Gasteiger partial charge in [0.1, 0.15) is 5.60 Å². The molecule has 0 spiro atoms. The molecule has 4 nitrogen and oxygen atoms in total. The van der Waals surface area contributed by atoms with Gasteiger partial charge in [-0.3, -0.25) is 0 Å². The molecule has 0 radical (unpaired) electrons. The topological polar surface area (TPSA) is 49.8 Å². The number of aliphatic hydroxyl groups is 1. The van der Waals surface area contributed by atoms with Crippen LogP contribution < -0.4 is 0 Å². The zero-order valence-corrected chi connectivity index (χ0v) is 10.7. The van der Waals surface area contributed by atoms with Crippen molar-refractivity contribution < 1.29 is 14.6 Å². The van der Waals surface area contributed by atoms with Crippen molar-refractivity contribution in [3.05, 3.63) is 0 Å². The van der Waals surface area contributed by atoms with E-state index >= 15 is 0 Å². The average molecular weight is 229 g/mol. The molecule has 94 valence electrons. The van der Waals surface area contributed by atoms with Crippen LogP contribution in [0, 0.1) is 5.92 Å². The number of carbonyl (C=O) groups excluding carboxylic acids is 1. The molecular formula is C12H23NO3. The third-order valence-electron chi connectivity index (χ3n) is 2.97. The molecule has 2 unspecified atom stereocenters. The molecule has 0 aromatic heterocycles. The summed E-state index contributed by atoms with van der Waals surface area (Å²) in [6.07, 6.45) is 1.48. The van der Waals surface area contributed by atoms with Crippen LogP contribution in [0.4, 0.5) is 4.79 Å². The third kappa shape index (κ3) is 3.11. The molecule has 1 fully saturated rings. The van der Waals surface area contributed by atoms with E-state index in [1.807, 2.05) is 27.7 Å². The van der Waals surface area contributed by atoms with Gasteiger partial charge in [-0.05, 0) is 33.6 Å². The van der Waals surface area contributed by atoms with E-state index in [4.69, 9.17) is 4.74 Å². The lowest BCUT2D eigenvalue weighted by molar-refractivity contribution is 0.0191. The molecule has 0 saturated carbocycles. The number of hydrogen-bond donors (Lipinski definition) is 1. The van der Waals surface area contributed by atoms with Crippen LogP contribution in [0.5, 0.6) is 0 Å². The molecule has 0 bridgehead atoms. The Morgan fingerprint density at radius 3 is 2.56 bits per heavy atom. The number of hydrogen-bond acceptors (Lipinski definition) is 3. The minimum Gasteiger partial charge on any atom is -0.444 e. The normalized spacial score (nSPS) is 25.9. The van der Waals surface area contributed by atoms with Crippen molar-refractivity contribution in [1.29, 1.82) is 0 Å². The van der Waals surface area contributed by atoms with Crippen LogP contribution in [0.3, 0.4) is 0 Å². The van der Waals surface area contributed by atoms with Gasteiger partial charge in [0.25, 0.3) is 0 Å². The highest BCUT2D eigenvalue weighted by Gasteiger charge is 2.37. The van der Waals surface area contributed by atoms with Crippen molar-refractivity contribution in [2.75, 3.05) is 13.2 Å². The fraction of sp³-hybridized carbons (Fsp3) is 0.917. The summed E-state index contributed by atoms with van der Waals surface area (Å²) in [5, 5.41) is 9.22. The lowest BCUT2D eigenvalue weighted by Crippen LogP contribution is -2.41. The first-order valence-corrected chi connectivity index (χ1v) is 5.99. The van der Waals surface area contributed by atoms with Gasteiger partial charge in [0.15, 0.2) is 0 Å². The van der Waals surface area contributed by atoms with Gasteiger partial charge in [0.2, 0.25) is 0 Å². The lowest BCUT2D eigenvalue weighted by Gasteiger charge is -2.29. The fourth-order valence-corrected chi connectivity index (χ4v) is 2.23. The summed E-state index contributed by atoms with van der Waals surface area (Å²) >= 11 is 0. The number of likely N-dealkylation sites (tertiary alicyclic amines) is 1. The van der Waals surface area contributed by atoms with E-state index in [-0.39, 0.29) is 24.7 Å². The fourth-order valence-electron chi connectivity index (χ4n) is 2.23. The van der Waals surface area contributed by atoms with E-state index < -0.39 is 5.60 Å². The molecule has 16 heavy (non-hydrogen) atoms. The predicted octanol–water partition coefficient (Wildman–Crippen LogP) is 2.01. The Bertz CT molecular complexity index is 247. The lowest BCUT2D eigenvalue weighted by atomic mass is 10.00. The first-order chi connectivity index (χ1) is 7.39. The molecule has 2 atom stereocenters. The Morgan fingerprint density at radius 2 is 2.12 bits per heavy atom. The van der Waals surface area contributed by atoms with Gasteiger partial charge in [0, 0.05) is 25.1 Å². The summed E-state index contributed by atoms with van der Waals surface area (Å²) < 4.78 is 5.35. The summed E-state index contributed by atoms with van der Waals surface area (Å²) in [6.45, 7) is 8.48. The zero-order chi connectivity index (χ0) is 12.3. The SMILES string of the molecule is CCC1C(CO)CCN1C(=O)OC(C)(C)C. The van der Waals surface area contributed by atoms with Gasteiger partial charge < -0.3 is 14.7 Å². The van der Waals surface area contributed by atoms with E-state index in [0.29, 0.717) is 6.54 Å². The monoisotopic (exact) mass is 229 g/mol. The summed E-state index contributed by atoms with van der Waals surface area (Å²) in [4.78, 5) is 13.7. The van der Waals surface area contributed by atoms with Crippen LogP contribution in [-0.4, -0.2) is 40.9 Å². The second-order valence-electron chi connectivity index (χ2n) is 5.38. The van der Waals surface area contributed by atoms with Crippen LogP contribution >= 0.6 is 0 Å². The maximum Gasteiger partial charge on any atom is 0.410 e. The standard InChI is InChI=1S/C12H23NO3/c1-5-10-9(8-14)6-7-13(10)11(15)16-12(2,3)4/h9-10,14H,5-8H2,1-4H3. The van der Waals surface area contributed by atoms with Gasteiger partial charge >= 0.3 is 6.09 Å². The molecule has 0 aliphatic carbocycles. The summed E-state index contributed by atoms with van der Waals surface area (Å²) in [7, 11) is 0. The van der Waals surface area contributed by atoms with Gasteiger partial charge in [-0.2, -0.15) is 0 Å². The second-order valence-corrected chi connectivity index (χ2v) is 5.38. The van der Waals surface area contributed by atoms with Crippen molar-refractivity contribution in [1.82, 2.24) is 4.90 Å². The van der Waals surface area contributed by atoms with Crippen LogP contribution in [0.15, 0.2) is 0 Å². The van der Waals surface area contributed by atoms with E-state index in [1.54, 1.807) is 4.90 Å². The van der Waals surface area contributed by atoms with Gasteiger partial charge in [-0.25, -0.2) is 4.79 Å². The molecule has 1 amide bonds.